The third-order valence-corrected chi connectivity index (χ3v) is 13.3. The molecular formula is C63H57N5O. The van der Waals surface area contributed by atoms with Gasteiger partial charge >= 0.3 is 0 Å². The Morgan fingerprint density at radius 2 is 1.10 bits per heavy atom. The van der Waals surface area contributed by atoms with Gasteiger partial charge in [-0.15, -0.1) is 0 Å². The number of hydrogen-bond acceptors (Lipinski definition) is 5. The summed E-state index contributed by atoms with van der Waals surface area (Å²) in [5.41, 5.74) is 13.2. The van der Waals surface area contributed by atoms with Gasteiger partial charge in [0.15, 0.2) is 0 Å². The monoisotopic (exact) mass is 902 g/mol. The molecule has 0 amide bonds. The standard InChI is InChI=1S/C63H57N5O/c1-43-34-61(64-41-56(43)44-20-18-26-50(35-44)67(47-21-10-8-11-22-47)48-23-12-9-13-24-48)68-57-29-15-14-28-54(57)55-33-32-53(40-60(55)68)69-52-27-19-25-49(39-52)65-42-66(59-31-17-16-30-58(59)65)51-37-45(62(2,3)4)36-46(38-51)63(5,6)7/h8-41H,42H2,1-7H3/i1D3. The van der Waals surface area contributed by atoms with E-state index in [-0.39, 0.29) is 16.4 Å². The van der Waals surface area contributed by atoms with Gasteiger partial charge in [-0.25, -0.2) is 4.98 Å². The van der Waals surface area contributed by atoms with Gasteiger partial charge < -0.3 is 19.4 Å². The van der Waals surface area contributed by atoms with Gasteiger partial charge in [0.05, 0.1) is 22.4 Å². The number of para-hydroxylation sites is 5. The van der Waals surface area contributed by atoms with Crippen molar-refractivity contribution < 1.29 is 8.85 Å². The van der Waals surface area contributed by atoms with Crippen LogP contribution >= 0.6 is 0 Å². The van der Waals surface area contributed by atoms with Crippen LogP contribution in [-0.2, 0) is 10.8 Å². The van der Waals surface area contributed by atoms with Crippen molar-refractivity contribution in [1.82, 2.24) is 9.55 Å². The minimum Gasteiger partial charge on any atom is -0.457 e. The Balaban J connectivity index is 0.945. The van der Waals surface area contributed by atoms with Gasteiger partial charge in [0.2, 0.25) is 0 Å². The van der Waals surface area contributed by atoms with Gasteiger partial charge in [-0.2, -0.15) is 0 Å². The molecule has 0 spiro atoms. The maximum atomic E-state index is 8.87. The highest BCUT2D eigenvalue weighted by Crippen LogP contribution is 2.47. The third kappa shape index (κ3) is 8.27. The number of pyridine rings is 1. The summed E-state index contributed by atoms with van der Waals surface area (Å²) in [7, 11) is 0. The lowest BCUT2D eigenvalue weighted by Crippen LogP contribution is -2.25. The molecule has 6 heteroatoms. The highest BCUT2D eigenvalue weighted by molar-refractivity contribution is 6.09. The van der Waals surface area contributed by atoms with E-state index in [9.17, 15) is 0 Å². The largest absolute Gasteiger partial charge is 0.457 e. The van der Waals surface area contributed by atoms with E-state index in [1.807, 2.05) is 102 Å². The molecule has 0 saturated heterocycles. The third-order valence-electron chi connectivity index (χ3n) is 13.3. The van der Waals surface area contributed by atoms with E-state index in [1.165, 1.54) is 16.8 Å². The van der Waals surface area contributed by atoms with E-state index in [1.54, 1.807) is 12.3 Å². The quantitative estimate of drug-likeness (QED) is 0.144. The number of nitrogens with zero attached hydrogens (tertiary/aromatic N) is 5. The molecule has 2 aromatic heterocycles. The molecule has 1 aliphatic rings. The van der Waals surface area contributed by atoms with Gasteiger partial charge in [0, 0.05) is 67.2 Å². The van der Waals surface area contributed by atoms with Crippen molar-refractivity contribution in [3.8, 4) is 28.4 Å². The molecule has 0 unspecified atom stereocenters. The summed E-state index contributed by atoms with van der Waals surface area (Å²) in [5.74, 6) is 1.84. The molecule has 0 saturated carbocycles. The van der Waals surface area contributed by atoms with Crippen LogP contribution in [0.5, 0.6) is 11.5 Å². The van der Waals surface area contributed by atoms with Gasteiger partial charge in [-0.3, -0.25) is 4.57 Å². The predicted octanol–water partition coefficient (Wildman–Crippen LogP) is 17.3. The molecule has 0 atom stereocenters. The average Bonchev–Trinajstić information content (AvgIpc) is 3.92. The van der Waals surface area contributed by atoms with Crippen molar-refractivity contribution in [2.45, 2.75) is 59.2 Å². The number of benzene rings is 8. The second-order valence-electron chi connectivity index (χ2n) is 20.0. The van der Waals surface area contributed by atoms with Crippen LogP contribution in [0, 0.1) is 6.85 Å². The lowest BCUT2D eigenvalue weighted by atomic mass is 9.80. The number of anilines is 7. The number of hydrogen-bond donors (Lipinski definition) is 0. The van der Waals surface area contributed by atoms with Gasteiger partial charge in [0.1, 0.15) is 24.0 Å². The zero-order valence-corrected chi connectivity index (χ0v) is 40.0. The van der Waals surface area contributed by atoms with E-state index in [0.29, 0.717) is 29.5 Å². The molecule has 11 rings (SSSR count). The van der Waals surface area contributed by atoms with E-state index >= 15 is 0 Å². The minimum absolute atomic E-state index is 0.0113. The first-order valence-corrected chi connectivity index (χ1v) is 23.7. The zero-order valence-electron chi connectivity index (χ0n) is 43.0. The Morgan fingerprint density at radius 3 is 1.78 bits per heavy atom. The Hall–Kier alpha value is -8.09. The molecule has 340 valence electrons. The average molecular weight is 903 g/mol. The second kappa shape index (κ2) is 17.2. The number of fused-ring (bicyclic) bond motifs is 4. The number of ether oxygens (including phenoxy) is 1. The normalized spacial score (nSPS) is 13.6. The van der Waals surface area contributed by atoms with Crippen LogP contribution in [0.4, 0.5) is 39.8 Å². The van der Waals surface area contributed by atoms with E-state index < -0.39 is 6.85 Å². The summed E-state index contributed by atoms with van der Waals surface area (Å²) < 4.78 is 35.4. The van der Waals surface area contributed by atoms with Gasteiger partial charge in [0.25, 0.3) is 0 Å². The maximum Gasteiger partial charge on any atom is 0.137 e. The van der Waals surface area contributed by atoms with E-state index in [4.69, 9.17) is 13.8 Å². The van der Waals surface area contributed by atoms with Crippen molar-refractivity contribution >= 4 is 61.6 Å². The minimum atomic E-state index is -2.45. The molecule has 6 nitrogen and oxygen atoms in total. The molecule has 69 heavy (non-hydrogen) atoms. The Bertz CT molecular complexity index is 3560. The Labute approximate surface area is 410 Å². The lowest BCUT2D eigenvalue weighted by molar-refractivity contribution is 0.483. The molecule has 0 aliphatic carbocycles. The summed E-state index contributed by atoms with van der Waals surface area (Å²) >= 11 is 0. The van der Waals surface area contributed by atoms with Crippen molar-refractivity contribution in [1.29, 1.82) is 0 Å². The van der Waals surface area contributed by atoms with Crippen LogP contribution in [0.15, 0.2) is 206 Å². The van der Waals surface area contributed by atoms with E-state index in [2.05, 4.69) is 153 Å². The number of rotatable bonds is 9. The fraction of sp³-hybridized carbons (Fsp3) is 0.159. The van der Waals surface area contributed by atoms with Crippen molar-refractivity contribution in [3.63, 3.8) is 0 Å². The summed E-state index contributed by atoms with van der Waals surface area (Å²) in [6.07, 6.45) is 1.71. The first kappa shape index (κ1) is 40.0. The fourth-order valence-electron chi connectivity index (χ4n) is 9.61. The number of aryl methyl sites for hydroxylation is 1. The molecule has 0 radical (unpaired) electrons. The Morgan fingerprint density at radius 1 is 0.507 bits per heavy atom. The predicted molar refractivity (Wildman–Crippen MR) is 289 cm³/mol. The molecule has 0 fully saturated rings. The molecule has 0 N–H and O–H groups in total. The summed E-state index contributed by atoms with van der Waals surface area (Å²) in [4.78, 5) is 12.0. The molecule has 3 heterocycles. The van der Waals surface area contributed by atoms with Crippen molar-refractivity contribution in [2.24, 2.45) is 0 Å². The van der Waals surface area contributed by atoms with Crippen LogP contribution in [0.1, 0.15) is 62.3 Å². The SMILES string of the molecule is [2H]C([2H])([2H])c1cc(-n2c3ccccc3c3ccc(Oc4cccc(N5CN(c6cc(C(C)(C)C)cc(C(C)(C)C)c6)c6ccccc65)c4)cc32)ncc1-c1cccc(N(c2ccccc2)c2ccccc2)c1. The molecular weight excluding hydrogens is 843 g/mol. The van der Waals surface area contributed by atoms with Crippen molar-refractivity contribution in [3.05, 3.63) is 223 Å². The van der Waals surface area contributed by atoms with Crippen LogP contribution in [-0.4, -0.2) is 16.2 Å². The molecule has 10 aromatic rings. The summed E-state index contributed by atoms with van der Waals surface area (Å²) in [5, 5.41) is 2.03. The first-order valence-electron chi connectivity index (χ1n) is 25.2. The lowest BCUT2D eigenvalue weighted by Gasteiger charge is -2.29. The van der Waals surface area contributed by atoms with Crippen LogP contribution in [0.2, 0.25) is 0 Å². The highest BCUT2D eigenvalue weighted by atomic mass is 16.5. The van der Waals surface area contributed by atoms with Crippen LogP contribution in [0.3, 0.4) is 0 Å². The van der Waals surface area contributed by atoms with Gasteiger partial charge in [-0.05, 0) is 137 Å². The van der Waals surface area contributed by atoms with Crippen molar-refractivity contribution in [2.75, 3.05) is 21.4 Å². The maximum absolute atomic E-state index is 8.87. The second-order valence-corrected chi connectivity index (χ2v) is 20.0. The van der Waals surface area contributed by atoms with E-state index in [0.717, 1.165) is 61.5 Å². The zero-order chi connectivity index (χ0) is 49.9. The molecule has 8 aromatic carbocycles. The summed E-state index contributed by atoms with van der Waals surface area (Å²) in [6, 6.07) is 68.3. The topological polar surface area (TPSA) is 36.8 Å². The number of aromatic nitrogens is 2. The van der Waals surface area contributed by atoms with Crippen LogP contribution < -0.4 is 19.4 Å². The smallest absolute Gasteiger partial charge is 0.137 e. The van der Waals surface area contributed by atoms with Gasteiger partial charge in [-0.1, -0.05) is 133 Å². The fourth-order valence-corrected chi connectivity index (χ4v) is 9.61. The molecule has 1 aliphatic heterocycles. The first-order chi connectivity index (χ1) is 34.6. The summed E-state index contributed by atoms with van der Waals surface area (Å²) in [6.45, 7) is 11.9. The highest BCUT2D eigenvalue weighted by Gasteiger charge is 2.30. The van der Waals surface area contributed by atoms with Crippen LogP contribution in [0.25, 0.3) is 38.8 Å². The molecule has 0 bridgehead atoms. The Kier molecular flexibility index (Phi) is 9.98.